The van der Waals surface area contributed by atoms with Crippen LogP contribution in [0.25, 0.3) is 10.9 Å². The lowest BCUT2D eigenvalue weighted by atomic mass is 9.87. The topological polar surface area (TPSA) is 70.9 Å². The molecule has 3 aliphatic rings. The maximum Gasteiger partial charge on any atom is 0.140 e. The molecule has 2 atom stereocenters. The van der Waals surface area contributed by atoms with E-state index >= 15 is 0 Å². The highest BCUT2D eigenvalue weighted by Gasteiger charge is 2.46. The largest absolute Gasteiger partial charge is 0.352 e. The van der Waals surface area contributed by atoms with E-state index in [1.165, 1.54) is 6.42 Å². The number of anilines is 2. The zero-order chi connectivity index (χ0) is 17.8. The number of nitrogens with zero attached hydrogens (tertiary/aromatic N) is 7. The molecular weight excluding hydrogens is 326 g/mol. The third-order valence-electron chi connectivity index (χ3n) is 5.31. The van der Waals surface area contributed by atoms with Gasteiger partial charge < -0.3 is 9.80 Å². The van der Waals surface area contributed by atoms with Crippen molar-refractivity contribution in [2.75, 3.05) is 22.9 Å². The Bertz CT molecular complexity index is 970. The first-order valence-electron chi connectivity index (χ1n) is 9.02. The van der Waals surface area contributed by atoms with Crippen LogP contribution >= 0.6 is 0 Å². The lowest BCUT2D eigenvalue weighted by Crippen LogP contribution is -2.69. The third kappa shape index (κ3) is 2.38. The van der Waals surface area contributed by atoms with Gasteiger partial charge in [-0.05, 0) is 33.3 Å². The number of hydrogen-bond donors (Lipinski definition) is 0. The van der Waals surface area contributed by atoms with Crippen LogP contribution in [0.2, 0.25) is 0 Å². The monoisotopic (exact) mass is 347 g/mol. The summed E-state index contributed by atoms with van der Waals surface area (Å²) >= 11 is 0. The minimum atomic E-state index is 0.454. The average molecular weight is 347 g/mol. The number of fused-ring (bicyclic) bond motifs is 3. The summed E-state index contributed by atoms with van der Waals surface area (Å²) in [7, 11) is 0. The summed E-state index contributed by atoms with van der Waals surface area (Å²) < 4.78 is 0. The molecule has 3 saturated heterocycles. The lowest BCUT2D eigenvalue weighted by Gasteiger charge is -2.57. The molecule has 0 N–H and O–H groups in total. The molecule has 2 unspecified atom stereocenters. The molecule has 0 aromatic carbocycles. The highest BCUT2D eigenvalue weighted by Crippen LogP contribution is 2.39. The minimum absolute atomic E-state index is 0.454. The van der Waals surface area contributed by atoms with Crippen molar-refractivity contribution in [2.45, 2.75) is 39.3 Å². The van der Waals surface area contributed by atoms with E-state index in [4.69, 9.17) is 4.98 Å². The van der Waals surface area contributed by atoms with Gasteiger partial charge in [0.15, 0.2) is 0 Å². The van der Waals surface area contributed by atoms with E-state index in [2.05, 4.69) is 35.8 Å². The highest BCUT2D eigenvalue weighted by molar-refractivity contribution is 5.89. The molecule has 3 aromatic rings. The normalized spacial score (nSPS) is 21.8. The van der Waals surface area contributed by atoms with Crippen molar-refractivity contribution >= 4 is 22.5 Å². The molecule has 0 radical (unpaired) electrons. The van der Waals surface area contributed by atoms with Gasteiger partial charge in [-0.3, -0.25) is 4.98 Å². The third-order valence-corrected chi connectivity index (χ3v) is 5.31. The first-order chi connectivity index (χ1) is 12.6. The molecular formula is C19H21N7. The summed E-state index contributed by atoms with van der Waals surface area (Å²) in [4.78, 5) is 27.4. The van der Waals surface area contributed by atoms with E-state index in [-0.39, 0.29) is 0 Å². The summed E-state index contributed by atoms with van der Waals surface area (Å²) in [6.45, 7) is 7.85. The number of aryl methyl sites for hydroxylation is 3. The van der Waals surface area contributed by atoms with Gasteiger partial charge in [0.05, 0.1) is 23.8 Å². The summed E-state index contributed by atoms with van der Waals surface area (Å²) in [5.74, 6) is 3.72. The molecule has 132 valence electrons. The SMILES string of the molecule is Cc1cc(N2CC3CC(C2)N3c2nc(C)nc3cnccc23)nc(C)n1. The molecule has 3 aromatic heterocycles. The van der Waals surface area contributed by atoms with Gasteiger partial charge in [0, 0.05) is 36.4 Å². The molecule has 0 amide bonds. The molecule has 26 heavy (non-hydrogen) atoms. The Morgan fingerprint density at radius 3 is 2.50 bits per heavy atom. The van der Waals surface area contributed by atoms with Crippen LogP contribution in [0, 0.1) is 20.8 Å². The fourth-order valence-corrected chi connectivity index (χ4v) is 4.28. The van der Waals surface area contributed by atoms with Gasteiger partial charge in [-0.15, -0.1) is 0 Å². The Hall–Kier alpha value is -2.83. The van der Waals surface area contributed by atoms with Gasteiger partial charge in [-0.1, -0.05) is 0 Å². The fraction of sp³-hybridized carbons (Fsp3) is 0.421. The fourth-order valence-electron chi connectivity index (χ4n) is 4.28. The number of pyridine rings is 1. The van der Waals surface area contributed by atoms with E-state index in [9.17, 15) is 0 Å². The first kappa shape index (κ1) is 15.4. The summed E-state index contributed by atoms with van der Waals surface area (Å²) in [5.41, 5.74) is 1.94. The second-order valence-corrected chi connectivity index (χ2v) is 7.26. The van der Waals surface area contributed by atoms with E-state index in [1.807, 2.05) is 39.2 Å². The van der Waals surface area contributed by atoms with Crippen LogP contribution in [-0.2, 0) is 0 Å². The van der Waals surface area contributed by atoms with Gasteiger partial charge in [-0.2, -0.15) is 0 Å². The molecule has 7 heteroatoms. The van der Waals surface area contributed by atoms with E-state index < -0.39 is 0 Å². The van der Waals surface area contributed by atoms with Gasteiger partial charge >= 0.3 is 0 Å². The first-order valence-corrected chi connectivity index (χ1v) is 9.02. The Morgan fingerprint density at radius 2 is 1.73 bits per heavy atom. The van der Waals surface area contributed by atoms with Gasteiger partial charge in [-0.25, -0.2) is 19.9 Å². The Morgan fingerprint density at radius 1 is 0.962 bits per heavy atom. The number of piperazine rings is 1. The van der Waals surface area contributed by atoms with E-state index in [0.29, 0.717) is 12.1 Å². The highest BCUT2D eigenvalue weighted by atomic mass is 15.4. The van der Waals surface area contributed by atoms with Crippen LogP contribution in [0.15, 0.2) is 24.5 Å². The molecule has 2 bridgehead atoms. The van der Waals surface area contributed by atoms with Crippen molar-refractivity contribution < 1.29 is 0 Å². The predicted molar refractivity (Wildman–Crippen MR) is 100 cm³/mol. The number of hydrogen-bond acceptors (Lipinski definition) is 7. The van der Waals surface area contributed by atoms with Crippen molar-refractivity contribution in [2.24, 2.45) is 0 Å². The van der Waals surface area contributed by atoms with Gasteiger partial charge in [0.25, 0.3) is 0 Å². The molecule has 3 fully saturated rings. The van der Waals surface area contributed by atoms with E-state index in [0.717, 1.165) is 53.0 Å². The maximum atomic E-state index is 4.77. The van der Waals surface area contributed by atoms with Crippen molar-refractivity contribution in [1.29, 1.82) is 0 Å². The minimum Gasteiger partial charge on any atom is -0.352 e. The quantitative estimate of drug-likeness (QED) is 0.704. The van der Waals surface area contributed by atoms with Crippen LogP contribution in [-0.4, -0.2) is 50.1 Å². The van der Waals surface area contributed by atoms with Crippen LogP contribution in [0.5, 0.6) is 0 Å². The standard InChI is InChI=1S/C19H21N7/c1-11-6-18(23-12(2)21-11)25-9-14-7-15(10-25)26(14)19-16-4-5-20-8-17(16)22-13(3)24-19/h4-6,8,14-15H,7,9-10H2,1-3H3. The number of aromatic nitrogens is 5. The van der Waals surface area contributed by atoms with Crippen molar-refractivity contribution in [3.63, 3.8) is 0 Å². The summed E-state index contributed by atoms with van der Waals surface area (Å²) in [5, 5.41) is 1.09. The molecule has 0 aliphatic carbocycles. The molecule has 7 nitrogen and oxygen atoms in total. The van der Waals surface area contributed by atoms with Gasteiger partial charge in [0.1, 0.15) is 23.3 Å². The van der Waals surface area contributed by atoms with Crippen LogP contribution in [0.4, 0.5) is 11.6 Å². The average Bonchev–Trinajstić information content (AvgIpc) is 2.61. The van der Waals surface area contributed by atoms with Crippen LogP contribution in [0.3, 0.4) is 0 Å². The Kier molecular flexibility index (Phi) is 3.32. The molecule has 6 heterocycles. The number of piperidine rings is 1. The predicted octanol–water partition coefficient (Wildman–Crippen LogP) is 2.21. The molecule has 0 saturated carbocycles. The molecule has 0 spiro atoms. The second kappa shape index (κ2) is 5.59. The van der Waals surface area contributed by atoms with Gasteiger partial charge in [0.2, 0.25) is 0 Å². The summed E-state index contributed by atoms with van der Waals surface area (Å²) in [6.07, 6.45) is 4.84. The van der Waals surface area contributed by atoms with Crippen molar-refractivity contribution in [3.05, 3.63) is 41.9 Å². The molecule has 3 aliphatic heterocycles. The lowest BCUT2D eigenvalue weighted by molar-refractivity contribution is 0.288. The Labute approximate surface area is 152 Å². The number of rotatable bonds is 2. The van der Waals surface area contributed by atoms with Crippen molar-refractivity contribution in [3.8, 4) is 0 Å². The zero-order valence-electron chi connectivity index (χ0n) is 15.2. The molecule has 6 rings (SSSR count). The van der Waals surface area contributed by atoms with Crippen LogP contribution in [0.1, 0.15) is 23.8 Å². The van der Waals surface area contributed by atoms with Crippen molar-refractivity contribution in [1.82, 2.24) is 24.9 Å². The maximum absolute atomic E-state index is 4.77. The zero-order valence-corrected chi connectivity index (χ0v) is 15.2. The second-order valence-electron chi connectivity index (χ2n) is 7.26. The Balaban J connectivity index is 1.47. The summed E-state index contributed by atoms with van der Waals surface area (Å²) in [6, 6.07) is 5.01. The van der Waals surface area contributed by atoms with E-state index in [1.54, 1.807) is 0 Å². The van der Waals surface area contributed by atoms with Crippen LogP contribution < -0.4 is 9.80 Å². The smallest absolute Gasteiger partial charge is 0.140 e.